The average Bonchev–Trinajstić information content (AvgIpc) is 3.03. The molecule has 5 heteroatoms. The fourth-order valence-electron chi connectivity index (χ4n) is 3.21. The third-order valence-electron chi connectivity index (χ3n) is 4.33. The van der Waals surface area contributed by atoms with Gasteiger partial charge in [-0.05, 0) is 52.3 Å². The van der Waals surface area contributed by atoms with Gasteiger partial charge in [-0.2, -0.15) is 0 Å². The van der Waals surface area contributed by atoms with Crippen LogP contribution in [0.25, 0.3) is 11.5 Å². The highest BCUT2D eigenvalue weighted by molar-refractivity contribution is 5.79. The van der Waals surface area contributed by atoms with Crippen LogP contribution in [0.4, 0.5) is 0 Å². The van der Waals surface area contributed by atoms with Crippen molar-refractivity contribution in [3.05, 3.63) is 42.3 Å². The molecule has 5 nitrogen and oxygen atoms in total. The molecule has 0 aliphatic carbocycles. The number of piperidine rings is 1. The van der Waals surface area contributed by atoms with E-state index in [1.165, 1.54) is 0 Å². The molecule has 1 aromatic heterocycles. The van der Waals surface area contributed by atoms with Crippen molar-refractivity contribution in [3.63, 3.8) is 0 Å². The number of oxazole rings is 1. The van der Waals surface area contributed by atoms with Crippen LogP contribution in [0.1, 0.15) is 39.3 Å². The Morgan fingerprint density at radius 3 is 2.80 bits per heavy atom. The first-order valence-electron chi connectivity index (χ1n) is 8.95. The van der Waals surface area contributed by atoms with Gasteiger partial charge in [0.15, 0.2) is 0 Å². The van der Waals surface area contributed by atoms with Crippen molar-refractivity contribution in [2.24, 2.45) is 5.92 Å². The molecule has 1 unspecified atom stereocenters. The van der Waals surface area contributed by atoms with E-state index < -0.39 is 0 Å². The number of carbonyl (C=O) groups excluding carboxylic acids is 1. The summed E-state index contributed by atoms with van der Waals surface area (Å²) in [4.78, 5) is 19.3. The Hall–Kier alpha value is -2.14. The minimum absolute atomic E-state index is 0.0495. The molecule has 3 rings (SSSR count). The molecule has 1 fully saturated rings. The summed E-state index contributed by atoms with van der Waals surface area (Å²) in [5, 5.41) is 3.10. The predicted molar refractivity (Wildman–Crippen MR) is 97.8 cm³/mol. The van der Waals surface area contributed by atoms with E-state index in [1.807, 2.05) is 51.1 Å². The Bertz CT molecular complexity index is 703. The van der Waals surface area contributed by atoms with E-state index >= 15 is 0 Å². The van der Waals surface area contributed by atoms with Crippen molar-refractivity contribution in [1.29, 1.82) is 0 Å². The van der Waals surface area contributed by atoms with Gasteiger partial charge in [0.25, 0.3) is 0 Å². The molecule has 1 aromatic carbocycles. The zero-order valence-electron chi connectivity index (χ0n) is 15.3. The van der Waals surface area contributed by atoms with Gasteiger partial charge in [0.2, 0.25) is 11.8 Å². The quantitative estimate of drug-likeness (QED) is 0.925. The van der Waals surface area contributed by atoms with Gasteiger partial charge in [-0.25, -0.2) is 4.98 Å². The standard InChI is InChI=1S/C20H27N3O2/c1-20(2,3)22-18(24)16-10-7-11-23(12-16)13-17-14-25-19(21-17)15-8-5-4-6-9-15/h4-6,8-9,14,16H,7,10-13H2,1-3H3,(H,22,24). The summed E-state index contributed by atoms with van der Waals surface area (Å²) in [5.41, 5.74) is 1.71. The number of aromatic nitrogens is 1. The number of carbonyl (C=O) groups is 1. The topological polar surface area (TPSA) is 58.4 Å². The lowest BCUT2D eigenvalue weighted by Gasteiger charge is -2.33. The lowest BCUT2D eigenvalue weighted by atomic mass is 9.95. The summed E-state index contributed by atoms with van der Waals surface area (Å²) in [6.07, 6.45) is 3.71. The first-order valence-corrected chi connectivity index (χ1v) is 8.95. The molecular weight excluding hydrogens is 314 g/mol. The second kappa shape index (κ2) is 7.40. The highest BCUT2D eigenvalue weighted by Crippen LogP contribution is 2.22. The normalized spacial score (nSPS) is 18.9. The van der Waals surface area contributed by atoms with Crippen LogP contribution in [-0.4, -0.2) is 34.4 Å². The van der Waals surface area contributed by atoms with Crippen molar-refractivity contribution in [3.8, 4) is 11.5 Å². The van der Waals surface area contributed by atoms with E-state index in [2.05, 4.69) is 15.2 Å². The monoisotopic (exact) mass is 341 g/mol. The molecule has 2 heterocycles. The first-order chi connectivity index (χ1) is 11.9. The molecule has 0 spiro atoms. The van der Waals surface area contributed by atoms with Gasteiger partial charge in [-0.3, -0.25) is 9.69 Å². The van der Waals surface area contributed by atoms with Crippen LogP contribution in [0, 0.1) is 5.92 Å². The van der Waals surface area contributed by atoms with Gasteiger partial charge in [-0.1, -0.05) is 18.2 Å². The third-order valence-corrected chi connectivity index (χ3v) is 4.33. The smallest absolute Gasteiger partial charge is 0.226 e. The molecule has 2 aromatic rings. The van der Waals surface area contributed by atoms with E-state index in [4.69, 9.17) is 4.42 Å². The molecule has 1 saturated heterocycles. The number of likely N-dealkylation sites (tertiary alicyclic amines) is 1. The second-order valence-corrected chi connectivity index (χ2v) is 7.82. The lowest BCUT2D eigenvalue weighted by Crippen LogP contribution is -2.48. The number of rotatable bonds is 4. The molecule has 0 bridgehead atoms. The Morgan fingerprint density at radius 1 is 1.32 bits per heavy atom. The van der Waals surface area contributed by atoms with Crippen LogP contribution in [0.15, 0.2) is 41.0 Å². The number of amides is 1. The molecule has 0 radical (unpaired) electrons. The Labute approximate surface area is 149 Å². The molecule has 1 aliphatic heterocycles. The molecule has 1 atom stereocenters. The van der Waals surface area contributed by atoms with Gasteiger partial charge in [0.05, 0.1) is 11.6 Å². The van der Waals surface area contributed by atoms with Gasteiger partial charge >= 0.3 is 0 Å². The molecule has 134 valence electrons. The van der Waals surface area contributed by atoms with Crippen LogP contribution in [0.5, 0.6) is 0 Å². The summed E-state index contributed by atoms with van der Waals surface area (Å²) in [5.74, 6) is 0.852. The maximum Gasteiger partial charge on any atom is 0.226 e. The highest BCUT2D eigenvalue weighted by atomic mass is 16.3. The van der Waals surface area contributed by atoms with Gasteiger partial charge in [0.1, 0.15) is 6.26 Å². The zero-order valence-corrected chi connectivity index (χ0v) is 15.3. The predicted octanol–water partition coefficient (Wildman–Crippen LogP) is 3.47. The lowest BCUT2D eigenvalue weighted by molar-refractivity contribution is -0.128. The molecule has 1 N–H and O–H groups in total. The molecule has 0 saturated carbocycles. The van der Waals surface area contributed by atoms with Gasteiger partial charge < -0.3 is 9.73 Å². The minimum atomic E-state index is -0.184. The highest BCUT2D eigenvalue weighted by Gasteiger charge is 2.28. The van der Waals surface area contributed by atoms with E-state index in [1.54, 1.807) is 6.26 Å². The van der Waals surface area contributed by atoms with E-state index in [9.17, 15) is 4.79 Å². The van der Waals surface area contributed by atoms with Crippen molar-refractivity contribution in [2.45, 2.75) is 45.7 Å². The first kappa shape index (κ1) is 17.7. The second-order valence-electron chi connectivity index (χ2n) is 7.82. The Morgan fingerprint density at radius 2 is 2.08 bits per heavy atom. The summed E-state index contributed by atoms with van der Waals surface area (Å²) in [7, 11) is 0. The zero-order chi connectivity index (χ0) is 17.9. The largest absolute Gasteiger partial charge is 0.444 e. The van der Waals surface area contributed by atoms with Crippen LogP contribution in [0.2, 0.25) is 0 Å². The van der Waals surface area contributed by atoms with Crippen molar-refractivity contribution >= 4 is 5.91 Å². The van der Waals surface area contributed by atoms with E-state index in [0.717, 1.165) is 43.7 Å². The number of nitrogens with one attached hydrogen (secondary N) is 1. The number of nitrogens with zero attached hydrogens (tertiary/aromatic N) is 2. The van der Waals surface area contributed by atoms with Crippen LogP contribution < -0.4 is 5.32 Å². The molecular formula is C20H27N3O2. The summed E-state index contributed by atoms with van der Waals surface area (Å²) in [6, 6.07) is 9.90. The molecule has 25 heavy (non-hydrogen) atoms. The fraction of sp³-hybridized carbons (Fsp3) is 0.500. The Kier molecular flexibility index (Phi) is 5.23. The maximum absolute atomic E-state index is 12.4. The van der Waals surface area contributed by atoms with Crippen molar-refractivity contribution in [1.82, 2.24) is 15.2 Å². The number of hydrogen-bond donors (Lipinski definition) is 1. The summed E-state index contributed by atoms with van der Waals surface area (Å²) in [6.45, 7) is 8.54. The third kappa shape index (κ3) is 4.92. The van der Waals surface area contributed by atoms with Crippen LogP contribution in [0.3, 0.4) is 0 Å². The van der Waals surface area contributed by atoms with Crippen LogP contribution in [-0.2, 0) is 11.3 Å². The Balaban J connectivity index is 1.60. The van der Waals surface area contributed by atoms with Crippen molar-refractivity contribution < 1.29 is 9.21 Å². The average molecular weight is 341 g/mol. The van der Waals surface area contributed by atoms with Gasteiger partial charge in [0, 0.05) is 24.2 Å². The number of benzene rings is 1. The van der Waals surface area contributed by atoms with Crippen molar-refractivity contribution in [2.75, 3.05) is 13.1 Å². The SMILES string of the molecule is CC(C)(C)NC(=O)C1CCCN(Cc2coc(-c3ccccc3)n2)C1. The summed E-state index contributed by atoms with van der Waals surface area (Å²) >= 11 is 0. The molecule has 1 amide bonds. The summed E-state index contributed by atoms with van der Waals surface area (Å²) < 4.78 is 5.62. The van der Waals surface area contributed by atoms with E-state index in [-0.39, 0.29) is 17.4 Å². The fourth-order valence-corrected chi connectivity index (χ4v) is 3.21. The van der Waals surface area contributed by atoms with Crippen LogP contribution >= 0.6 is 0 Å². The van der Waals surface area contributed by atoms with Gasteiger partial charge in [-0.15, -0.1) is 0 Å². The minimum Gasteiger partial charge on any atom is -0.444 e. The molecule has 1 aliphatic rings. The maximum atomic E-state index is 12.4. The van der Waals surface area contributed by atoms with E-state index in [0.29, 0.717) is 5.89 Å². The number of hydrogen-bond acceptors (Lipinski definition) is 4.